The molecule has 7 heteroatoms. The van der Waals surface area contributed by atoms with Crippen molar-refractivity contribution in [1.82, 2.24) is 0 Å². The largest absolute Gasteiger partial charge is 0.469 e. The first-order valence-electron chi connectivity index (χ1n) is 6.43. The summed E-state index contributed by atoms with van der Waals surface area (Å²) in [6.45, 7) is 3.28. The zero-order chi connectivity index (χ0) is 15.6. The highest BCUT2D eigenvalue weighted by molar-refractivity contribution is 8.00. The Morgan fingerprint density at radius 3 is 2.62 bits per heavy atom. The molecule has 0 saturated heterocycles. The maximum atomic E-state index is 12.3. The van der Waals surface area contributed by atoms with E-state index in [4.69, 9.17) is 21.1 Å². The number of ether oxygens (including phenoxy) is 2. The number of anilines is 1. The molecule has 1 amide bonds. The van der Waals surface area contributed by atoms with Crippen LogP contribution in [-0.4, -0.2) is 30.1 Å². The second-order valence-corrected chi connectivity index (χ2v) is 6.36. The van der Waals surface area contributed by atoms with Crippen molar-refractivity contribution in [1.29, 1.82) is 0 Å². The number of amides is 1. The fraction of sp³-hybridized carbons (Fsp3) is 0.429. The fourth-order valence-electron chi connectivity index (χ4n) is 2.10. The summed E-state index contributed by atoms with van der Waals surface area (Å²) >= 11 is 7.16. The molecule has 0 N–H and O–H groups in total. The molecule has 5 nitrogen and oxygen atoms in total. The van der Waals surface area contributed by atoms with Crippen LogP contribution in [0.2, 0.25) is 0 Å². The van der Waals surface area contributed by atoms with Crippen molar-refractivity contribution < 1.29 is 19.1 Å². The van der Waals surface area contributed by atoms with Crippen LogP contribution < -0.4 is 4.90 Å². The molecule has 1 aliphatic rings. The maximum Gasteiger partial charge on any atom is 0.416 e. The summed E-state index contributed by atoms with van der Waals surface area (Å²) in [5, 5.41) is -0.419. The molecule has 1 aliphatic heterocycles. The topological polar surface area (TPSA) is 55.8 Å². The Labute approximate surface area is 132 Å². The number of methoxy groups -OCH3 is 1. The first-order chi connectivity index (χ1) is 9.95. The summed E-state index contributed by atoms with van der Waals surface area (Å²) in [7, 11) is 1.33. The van der Waals surface area contributed by atoms with Crippen molar-refractivity contribution in [3.63, 3.8) is 0 Å². The van der Waals surface area contributed by atoms with E-state index in [1.165, 1.54) is 23.8 Å². The number of carbonyl (C=O) groups is 2. The maximum absolute atomic E-state index is 12.3. The summed E-state index contributed by atoms with van der Waals surface area (Å²) in [5.41, 5.74) is -0.0325. The minimum Gasteiger partial charge on any atom is -0.469 e. The van der Waals surface area contributed by atoms with Gasteiger partial charge in [-0.05, 0) is 26.0 Å². The minimum absolute atomic E-state index is 0.378. The Hall–Kier alpha value is -1.40. The predicted octanol–water partition coefficient (Wildman–Crippen LogP) is 3.46. The van der Waals surface area contributed by atoms with E-state index in [1.54, 1.807) is 13.8 Å². The van der Waals surface area contributed by atoms with Gasteiger partial charge in [-0.2, -0.15) is 0 Å². The molecule has 3 unspecified atom stereocenters. The van der Waals surface area contributed by atoms with E-state index in [1.807, 2.05) is 24.3 Å². The van der Waals surface area contributed by atoms with E-state index in [0.717, 1.165) is 4.90 Å². The van der Waals surface area contributed by atoms with E-state index in [9.17, 15) is 9.59 Å². The number of hydrogen-bond acceptors (Lipinski definition) is 5. The third-order valence-corrected chi connectivity index (χ3v) is 4.64. The lowest BCUT2D eigenvalue weighted by atomic mass is 10.1. The van der Waals surface area contributed by atoms with Crippen LogP contribution in [0.1, 0.15) is 13.8 Å². The predicted molar refractivity (Wildman–Crippen MR) is 81.5 cm³/mol. The lowest BCUT2D eigenvalue weighted by Crippen LogP contribution is -2.43. The number of hydrogen-bond donors (Lipinski definition) is 0. The fourth-order valence-corrected chi connectivity index (χ4v) is 3.50. The summed E-state index contributed by atoms with van der Waals surface area (Å²) in [4.78, 5) is 26.5. The quantitative estimate of drug-likeness (QED) is 0.628. The number of carbonyl (C=O) groups excluding carboxylic acids is 2. The van der Waals surface area contributed by atoms with Crippen molar-refractivity contribution >= 4 is 41.1 Å². The Morgan fingerprint density at radius 2 is 2.00 bits per heavy atom. The summed E-state index contributed by atoms with van der Waals surface area (Å²) in [6.07, 6.45) is -0.573. The van der Waals surface area contributed by atoms with Crippen LogP contribution in [0.3, 0.4) is 0 Å². The average molecular weight is 330 g/mol. The molecular weight excluding hydrogens is 314 g/mol. The molecular formula is C14H16ClNO4S. The van der Waals surface area contributed by atoms with Crippen molar-refractivity contribution in [2.75, 3.05) is 12.0 Å². The second-order valence-electron chi connectivity index (χ2n) is 4.58. The van der Waals surface area contributed by atoms with Crippen LogP contribution in [-0.2, 0) is 14.3 Å². The van der Waals surface area contributed by atoms with E-state index in [2.05, 4.69) is 0 Å². The Bertz CT molecular complexity index is 552. The van der Waals surface area contributed by atoms with Gasteiger partial charge in [-0.15, -0.1) is 0 Å². The summed E-state index contributed by atoms with van der Waals surface area (Å²) in [5.74, 6) is -0.873. The van der Waals surface area contributed by atoms with E-state index in [0.29, 0.717) is 5.69 Å². The minimum atomic E-state index is -0.746. The van der Waals surface area contributed by atoms with Gasteiger partial charge in [0.1, 0.15) is 5.37 Å². The van der Waals surface area contributed by atoms with Crippen molar-refractivity contribution in [3.8, 4) is 0 Å². The van der Waals surface area contributed by atoms with Crippen LogP contribution in [0.25, 0.3) is 0 Å². The zero-order valence-corrected chi connectivity index (χ0v) is 13.5. The number of esters is 1. The van der Waals surface area contributed by atoms with Crippen molar-refractivity contribution in [2.24, 2.45) is 5.92 Å². The number of nitrogens with zero attached hydrogens (tertiary/aromatic N) is 1. The van der Waals surface area contributed by atoms with E-state index < -0.39 is 22.9 Å². The molecule has 21 heavy (non-hydrogen) atoms. The number of para-hydroxylation sites is 1. The molecule has 114 valence electrons. The highest BCUT2D eigenvalue weighted by Gasteiger charge is 2.41. The van der Waals surface area contributed by atoms with Gasteiger partial charge in [0.2, 0.25) is 0 Å². The highest BCUT2D eigenvalue weighted by atomic mass is 35.5. The van der Waals surface area contributed by atoms with Gasteiger partial charge in [-0.1, -0.05) is 35.5 Å². The van der Waals surface area contributed by atoms with Gasteiger partial charge < -0.3 is 9.47 Å². The van der Waals surface area contributed by atoms with Gasteiger partial charge in [0.05, 0.1) is 18.7 Å². The molecule has 0 bridgehead atoms. The van der Waals surface area contributed by atoms with Gasteiger partial charge in [0, 0.05) is 4.90 Å². The Morgan fingerprint density at radius 1 is 1.33 bits per heavy atom. The van der Waals surface area contributed by atoms with Gasteiger partial charge in [-0.3, -0.25) is 9.69 Å². The van der Waals surface area contributed by atoms with Crippen LogP contribution in [0.15, 0.2) is 29.2 Å². The Balaban J connectivity index is 2.33. The monoisotopic (exact) mass is 329 g/mol. The smallest absolute Gasteiger partial charge is 0.416 e. The first-order valence-corrected chi connectivity index (χ1v) is 7.74. The van der Waals surface area contributed by atoms with Gasteiger partial charge in [-0.25, -0.2) is 4.79 Å². The number of fused-ring (bicyclic) bond motifs is 1. The lowest BCUT2D eigenvalue weighted by molar-refractivity contribution is -0.144. The molecule has 1 aromatic rings. The number of halogens is 1. The molecule has 2 rings (SSSR count). The SMILES string of the molecule is COC(=O)C(C)C1Sc2ccccc2N1C(=O)OC(C)Cl. The average Bonchev–Trinajstić information content (AvgIpc) is 2.84. The van der Waals surface area contributed by atoms with Crippen LogP contribution in [0, 0.1) is 5.92 Å². The molecule has 0 aliphatic carbocycles. The number of alkyl halides is 1. The van der Waals surface area contributed by atoms with Crippen LogP contribution >= 0.6 is 23.4 Å². The molecule has 0 radical (unpaired) electrons. The van der Waals surface area contributed by atoms with Crippen LogP contribution in [0.4, 0.5) is 10.5 Å². The molecule has 3 atom stereocenters. The molecule has 1 aromatic carbocycles. The number of benzene rings is 1. The third kappa shape index (κ3) is 3.27. The molecule has 1 heterocycles. The van der Waals surface area contributed by atoms with Gasteiger partial charge in [0.15, 0.2) is 5.56 Å². The van der Waals surface area contributed by atoms with E-state index in [-0.39, 0.29) is 5.97 Å². The van der Waals surface area contributed by atoms with Crippen molar-refractivity contribution in [3.05, 3.63) is 24.3 Å². The van der Waals surface area contributed by atoms with E-state index >= 15 is 0 Å². The van der Waals surface area contributed by atoms with Crippen LogP contribution in [0.5, 0.6) is 0 Å². The molecule has 0 saturated carbocycles. The number of rotatable bonds is 3. The highest BCUT2D eigenvalue weighted by Crippen LogP contribution is 2.46. The molecule has 0 aromatic heterocycles. The first kappa shape index (κ1) is 16.0. The molecule has 0 fully saturated rings. The summed E-state index contributed by atoms with van der Waals surface area (Å²) in [6, 6.07) is 7.42. The molecule has 0 spiro atoms. The van der Waals surface area contributed by atoms with Crippen molar-refractivity contribution in [2.45, 2.75) is 29.7 Å². The normalized spacial score (nSPS) is 19.6. The Kier molecular flexibility index (Phi) is 5.00. The zero-order valence-electron chi connectivity index (χ0n) is 11.9. The standard InChI is InChI=1S/C14H16ClNO4S/c1-8(13(17)19-3)12-16(14(18)20-9(2)15)10-6-4-5-7-11(10)21-12/h4-9,12H,1-3H3. The second kappa shape index (κ2) is 6.58. The summed E-state index contributed by atoms with van der Waals surface area (Å²) < 4.78 is 9.85. The van der Waals surface area contributed by atoms with Gasteiger partial charge in [0.25, 0.3) is 0 Å². The van der Waals surface area contributed by atoms with Gasteiger partial charge >= 0.3 is 12.1 Å². The third-order valence-electron chi connectivity index (χ3n) is 3.09. The lowest BCUT2D eigenvalue weighted by Gasteiger charge is -2.27. The number of thioether (sulfide) groups is 1.